The number of alkyl halides is 3. The van der Waals surface area contributed by atoms with Crippen LogP contribution in [0.1, 0.15) is 43.8 Å². The van der Waals surface area contributed by atoms with Crippen molar-refractivity contribution in [3.05, 3.63) is 11.3 Å². The van der Waals surface area contributed by atoms with E-state index in [1.807, 2.05) is 67.8 Å². The lowest BCUT2D eigenvalue weighted by Gasteiger charge is -2.23. The minimum absolute atomic E-state index is 0.0233. The van der Waals surface area contributed by atoms with Crippen molar-refractivity contribution < 1.29 is 40.8 Å². The van der Waals surface area contributed by atoms with E-state index in [0.717, 1.165) is 0 Å². The summed E-state index contributed by atoms with van der Waals surface area (Å²) in [6.07, 6.45) is -0.145. The molecular formula is C21H37I3N2O8. The largest absolute Gasteiger partial charge is 0.497 e. The van der Waals surface area contributed by atoms with E-state index in [1.165, 1.54) is 21.3 Å². The Morgan fingerprint density at radius 1 is 0.971 bits per heavy atom. The maximum absolute atomic E-state index is 11.1. The lowest BCUT2D eigenvalue weighted by atomic mass is 10.2. The molecule has 34 heavy (non-hydrogen) atoms. The van der Waals surface area contributed by atoms with Crippen molar-refractivity contribution in [2.24, 2.45) is 0 Å². The third-order valence-electron chi connectivity index (χ3n) is 2.95. The van der Waals surface area contributed by atoms with Gasteiger partial charge in [-0.15, -0.1) is 0 Å². The van der Waals surface area contributed by atoms with Crippen molar-refractivity contribution in [2.45, 2.75) is 47.0 Å². The molecule has 0 aromatic rings. The highest BCUT2D eigenvalue weighted by atomic mass is 127. The van der Waals surface area contributed by atoms with Crippen molar-refractivity contribution in [3.63, 3.8) is 0 Å². The van der Waals surface area contributed by atoms with Gasteiger partial charge in [0.25, 0.3) is 5.97 Å². The Labute approximate surface area is 248 Å². The zero-order valence-corrected chi connectivity index (χ0v) is 27.4. The van der Waals surface area contributed by atoms with Crippen LogP contribution < -0.4 is 0 Å². The fraction of sp³-hybridized carbons (Fsp3) is 0.714. The summed E-state index contributed by atoms with van der Waals surface area (Å²) in [5.74, 6) is -1.64. The molecule has 200 valence electrons. The average molecular weight is 828 g/mol. The first kappa shape index (κ1) is 38.1. The molecule has 0 radical (unpaired) electrons. The van der Waals surface area contributed by atoms with Crippen molar-refractivity contribution >= 4 is 79.7 Å². The quantitative estimate of drug-likeness (QED) is 0.0572. The molecule has 0 aliphatic heterocycles. The van der Waals surface area contributed by atoms with Crippen LogP contribution in [0, 0.1) is 22.7 Å². The molecule has 0 aromatic carbocycles. The van der Waals surface area contributed by atoms with E-state index in [-0.39, 0.29) is 21.0 Å². The third-order valence-corrected chi connectivity index (χ3v) is 2.95. The summed E-state index contributed by atoms with van der Waals surface area (Å²) in [6.45, 7) is 9.45. The smallest absolute Gasteiger partial charge is 0.352 e. The predicted molar refractivity (Wildman–Crippen MR) is 156 cm³/mol. The van der Waals surface area contributed by atoms with Crippen LogP contribution in [0.3, 0.4) is 0 Å². The van der Waals surface area contributed by atoms with E-state index >= 15 is 0 Å². The summed E-state index contributed by atoms with van der Waals surface area (Å²) in [7, 11) is 4.56. The molecule has 0 unspecified atom stereocenters. The van der Waals surface area contributed by atoms with Gasteiger partial charge in [0.1, 0.15) is 18.2 Å². The Morgan fingerprint density at radius 3 is 1.59 bits per heavy atom. The molecule has 0 rings (SSSR count). The minimum Gasteiger partial charge on any atom is -0.497 e. The van der Waals surface area contributed by atoms with Crippen LogP contribution in [0.15, 0.2) is 11.3 Å². The first-order valence-electron chi connectivity index (χ1n) is 10.7. The van der Waals surface area contributed by atoms with Gasteiger partial charge in [0.05, 0.1) is 28.3 Å². The van der Waals surface area contributed by atoms with Crippen molar-refractivity contribution in [3.8, 4) is 12.1 Å². The Bertz CT molecular complexity index is 643. The monoisotopic (exact) mass is 828 g/mol. The second-order valence-electron chi connectivity index (χ2n) is 4.89. The fourth-order valence-corrected chi connectivity index (χ4v) is 1.29. The van der Waals surface area contributed by atoms with Crippen LogP contribution in [0.25, 0.3) is 0 Å². The minimum atomic E-state index is -0.875. The molecule has 0 bridgehead atoms. The third kappa shape index (κ3) is 31.5. The second kappa shape index (κ2) is 34.7. The van der Waals surface area contributed by atoms with Crippen LogP contribution >= 0.6 is 67.8 Å². The normalized spacial score (nSPS) is 10.5. The highest BCUT2D eigenvalue weighted by molar-refractivity contribution is 14.2. The number of nitrogens with zero attached hydrogens (tertiary/aromatic N) is 2. The van der Waals surface area contributed by atoms with Crippen molar-refractivity contribution in [1.29, 1.82) is 10.5 Å². The summed E-state index contributed by atoms with van der Waals surface area (Å²) >= 11 is 5.95. The maximum Gasteiger partial charge on any atom is 0.352 e. The van der Waals surface area contributed by atoms with Crippen molar-refractivity contribution in [1.82, 2.24) is 0 Å². The number of ether oxygens (including phenoxy) is 6. The molecule has 0 aliphatic carbocycles. The topological polar surface area (TPSA) is 137 Å². The summed E-state index contributed by atoms with van der Waals surface area (Å²) in [4.78, 5) is 21.8. The van der Waals surface area contributed by atoms with Crippen LogP contribution in [0.2, 0.25) is 0 Å². The average Bonchev–Trinajstić information content (AvgIpc) is 2.81. The van der Waals surface area contributed by atoms with Gasteiger partial charge < -0.3 is 28.4 Å². The molecule has 13 heteroatoms. The Morgan fingerprint density at radius 2 is 1.35 bits per heavy atom. The number of halogens is 3. The van der Waals surface area contributed by atoms with Gasteiger partial charge in [0, 0.05) is 31.0 Å². The van der Waals surface area contributed by atoms with Gasteiger partial charge in [0.2, 0.25) is 0 Å². The Balaban J connectivity index is -0.000000122. The lowest BCUT2D eigenvalue weighted by molar-refractivity contribution is -0.340. The van der Waals surface area contributed by atoms with E-state index in [9.17, 15) is 9.59 Å². The fourth-order valence-electron chi connectivity index (χ4n) is 1.29. The number of hydrogen-bond acceptors (Lipinski definition) is 10. The van der Waals surface area contributed by atoms with Gasteiger partial charge in [-0.1, -0.05) is 67.8 Å². The molecule has 0 aliphatic rings. The molecule has 0 saturated heterocycles. The summed E-state index contributed by atoms with van der Waals surface area (Å²) in [5.41, 5.74) is -0.0660. The Hall–Kier alpha value is -0.470. The number of methoxy groups -OCH3 is 3. The Kier molecular flexibility index (Phi) is 38.8. The number of carbonyl (C=O) groups excluding carboxylic acids is 2. The highest BCUT2D eigenvalue weighted by Crippen LogP contribution is 2.08. The van der Waals surface area contributed by atoms with Gasteiger partial charge >= 0.3 is 11.9 Å². The van der Waals surface area contributed by atoms with Gasteiger partial charge in [-0.2, -0.15) is 10.5 Å². The van der Waals surface area contributed by atoms with Crippen molar-refractivity contribution in [2.75, 3.05) is 48.5 Å². The van der Waals surface area contributed by atoms with Gasteiger partial charge in [-0.25, -0.2) is 4.79 Å². The molecule has 0 aromatic heterocycles. The van der Waals surface area contributed by atoms with E-state index in [1.54, 1.807) is 46.8 Å². The number of hydrogen-bond donors (Lipinski definition) is 0. The lowest BCUT2D eigenvalue weighted by Crippen LogP contribution is -2.31. The molecule has 0 fully saturated rings. The number of nitriles is 2. The highest BCUT2D eigenvalue weighted by Gasteiger charge is 2.20. The van der Waals surface area contributed by atoms with Gasteiger partial charge in [-0.3, -0.25) is 4.79 Å². The SMILES string of the molecule is CCOC(=O)/C(C#N)=C(/C)OCC.CCOC(=O)CC#N.COC(C)(OC)OC.[2H]C(I)I.[2H]CI. The van der Waals surface area contributed by atoms with E-state index in [2.05, 4.69) is 9.47 Å². The summed E-state index contributed by atoms with van der Waals surface area (Å²) < 4.78 is 41.3. The standard InChI is InChI=1S/C9H13NO3.C5H7NO2.C5H12O3.CH2I2.CH3I/c1-4-12-7(3)8(6-10)9(11)13-5-2;1-2-8-5(7)3-4-6;1-5(6-2,7-3)8-4;2-1-3;1-2/h4-5H2,1-3H3;2-3H2,1H3;1-4H3;1H2;1H3/b8-7-;;;;/i;;;2*1D. The molecule has 0 heterocycles. The molecule has 0 saturated carbocycles. The van der Waals surface area contributed by atoms with Crippen LogP contribution in [-0.4, -0.2) is 66.4 Å². The van der Waals surface area contributed by atoms with Gasteiger partial charge in [-0.05, 0) is 32.6 Å². The molecular weight excluding hydrogens is 789 g/mol. The van der Waals surface area contributed by atoms with E-state index < -0.39 is 17.9 Å². The maximum atomic E-state index is 11.1. The number of esters is 2. The number of allylic oxidation sites excluding steroid dienone is 1. The first-order valence-corrected chi connectivity index (χ1v) is 13.5. The molecule has 0 N–H and O–H groups in total. The van der Waals surface area contributed by atoms with Crippen LogP contribution in [0.5, 0.6) is 0 Å². The number of carbonyl (C=O) groups is 2. The van der Waals surface area contributed by atoms with E-state index in [4.69, 9.17) is 32.2 Å². The van der Waals surface area contributed by atoms with Crippen LogP contribution in [0.4, 0.5) is 0 Å². The first-order chi connectivity index (χ1) is 16.8. The van der Waals surface area contributed by atoms with Gasteiger partial charge in [0.15, 0.2) is 5.57 Å². The zero-order chi connectivity index (χ0) is 29.6. The van der Waals surface area contributed by atoms with Crippen LogP contribution in [-0.2, 0) is 38.0 Å². The molecule has 0 spiro atoms. The molecule has 0 amide bonds. The number of rotatable bonds is 9. The second-order valence-corrected chi connectivity index (χ2v) is 8.52. The molecule has 0 atom stereocenters. The molecule has 10 nitrogen and oxygen atoms in total. The zero-order valence-electron chi connectivity index (χ0n) is 22.9. The summed E-state index contributed by atoms with van der Waals surface area (Å²) in [5, 5.41) is 16.5. The van der Waals surface area contributed by atoms with E-state index in [0.29, 0.717) is 23.9 Å². The predicted octanol–water partition coefficient (Wildman–Crippen LogP) is 5.31. The summed E-state index contributed by atoms with van der Waals surface area (Å²) in [6, 6.07) is 3.43.